The Labute approximate surface area is 147 Å². The summed E-state index contributed by atoms with van der Waals surface area (Å²) < 4.78 is 0. The van der Waals surface area contributed by atoms with Crippen LogP contribution >= 0.6 is 0 Å². The average molecular weight is 338 g/mol. The van der Waals surface area contributed by atoms with E-state index in [2.05, 4.69) is 5.32 Å². The van der Waals surface area contributed by atoms with Gasteiger partial charge in [0.05, 0.1) is 6.04 Å². The first-order valence-corrected chi connectivity index (χ1v) is 8.36. The summed E-state index contributed by atoms with van der Waals surface area (Å²) in [5.41, 5.74) is 2.08. The molecule has 2 amide bonds. The molecule has 0 radical (unpaired) electrons. The van der Waals surface area contributed by atoms with Gasteiger partial charge in [0.2, 0.25) is 5.91 Å². The molecule has 0 bridgehead atoms. The van der Waals surface area contributed by atoms with Gasteiger partial charge >= 0.3 is 0 Å². The molecule has 2 aromatic carbocycles. The van der Waals surface area contributed by atoms with E-state index in [1.165, 1.54) is 0 Å². The number of carbonyl (C=O) groups is 2. The Morgan fingerprint density at radius 1 is 1.20 bits per heavy atom. The maximum atomic E-state index is 12.5. The summed E-state index contributed by atoms with van der Waals surface area (Å²) in [6, 6.07) is 14.7. The van der Waals surface area contributed by atoms with E-state index in [-0.39, 0.29) is 29.5 Å². The highest BCUT2D eigenvalue weighted by Gasteiger charge is 2.38. The van der Waals surface area contributed by atoms with Crippen molar-refractivity contribution in [2.75, 3.05) is 13.6 Å². The summed E-state index contributed by atoms with van der Waals surface area (Å²) in [6.07, 6.45) is 0.412. The number of likely N-dealkylation sites (tertiary alicyclic amines) is 1. The summed E-state index contributed by atoms with van der Waals surface area (Å²) in [5.74, 6) is -0.0316. The van der Waals surface area contributed by atoms with Crippen LogP contribution in [0.15, 0.2) is 48.5 Å². The molecule has 2 N–H and O–H groups in total. The zero-order valence-electron chi connectivity index (χ0n) is 14.4. The fourth-order valence-electron chi connectivity index (χ4n) is 3.47. The molecular formula is C20H22N2O3. The molecule has 1 saturated heterocycles. The van der Waals surface area contributed by atoms with Crippen molar-refractivity contribution in [1.29, 1.82) is 0 Å². The van der Waals surface area contributed by atoms with E-state index in [1.807, 2.05) is 30.3 Å². The van der Waals surface area contributed by atoms with Crippen LogP contribution in [0.2, 0.25) is 0 Å². The number of benzene rings is 2. The standard InChI is InChI=1S/C20H22N2O3/c1-13-16(9-6-10-17(13)23)20(25)21-12-15-11-18(24)22(2)19(15)14-7-4-3-5-8-14/h3-10,15,19,23H,11-12H2,1-2H3,(H,21,25)/t15-,19-/m1/s1. The minimum absolute atomic E-state index is 0.0152. The minimum Gasteiger partial charge on any atom is -0.508 e. The van der Waals surface area contributed by atoms with E-state index >= 15 is 0 Å². The van der Waals surface area contributed by atoms with Crippen molar-refractivity contribution in [3.63, 3.8) is 0 Å². The molecule has 2 aromatic rings. The van der Waals surface area contributed by atoms with Gasteiger partial charge in [-0.05, 0) is 24.6 Å². The van der Waals surface area contributed by atoms with Crippen molar-refractivity contribution in [3.05, 3.63) is 65.2 Å². The molecule has 1 aliphatic rings. The number of hydrogen-bond acceptors (Lipinski definition) is 3. The highest BCUT2D eigenvalue weighted by Crippen LogP contribution is 2.36. The molecule has 1 aliphatic heterocycles. The number of carbonyl (C=O) groups excluding carboxylic acids is 2. The van der Waals surface area contributed by atoms with Crippen LogP contribution in [0.25, 0.3) is 0 Å². The topological polar surface area (TPSA) is 69.6 Å². The average Bonchev–Trinajstić information content (AvgIpc) is 2.90. The first-order chi connectivity index (χ1) is 12.0. The largest absolute Gasteiger partial charge is 0.508 e. The van der Waals surface area contributed by atoms with Crippen LogP contribution in [-0.2, 0) is 4.79 Å². The molecule has 0 aromatic heterocycles. The third-order valence-electron chi connectivity index (χ3n) is 4.91. The molecule has 0 unspecified atom stereocenters. The van der Waals surface area contributed by atoms with Crippen LogP contribution < -0.4 is 5.32 Å². The van der Waals surface area contributed by atoms with Gasteiger partial charge in [0, 0.05) is 37.1 Å². The summed E-state index contributed by atoms with van der Waals surface area (Å²) in [4.78, 5) is 26.4. The Kier molecular flexibility index (Phi) is 4.74. The molecule has 0 saturated carbocycles. The molecule has 5 heteroatoms. The van der Waals surface area contributed by atoms with E-state index < -0.39 is 0 Å². The number of nitrogens with one attached hydrogen (secondary N) is 1. The Hall–Kier alpha value is -2.82. The van der Waals surface area contributed by atoms with Gasteiger partial charge in [0.25, 0.3) is 5.91 Å². The normalized spacial score (nSPS) is 19.9. The maximum absolute atomic E-state index is 12.5. The summed E-state index contributed by atoms with van der Waals surface area (Å²) in [5, 5.41) is 12.7. The van der Waals surface area contributed by atoms with Gasteiger partial charge in [-0.3, -0.25) is 9.59 Å². The summed E-state index contributed by atoms with van der Waals surface area (Å²) in [7, 11) is 1.81. The smallest absolute Gasteiger partial charge is 0.251 e. The highest BCUT2D eigenvalue weighted by atomic mass is 16.3. The lowest BCUT2D eigenvalue weighted by Crippen LogP contribution is -2.32. The van der Waals surface area contributed by atoms with Crippen LogP contribution in [0, 0.1) is 12.8 Å². The highest BCUT2D eigenvalue weighted by molar-refractivity contribution is 5.96. The van der Waals surface area contributed by atoms with Crippen LogP contribution in [-0.4, -0.2) is 35.4 Å². The SMILES string of the molecule is Cc1c(O)cccc1C(=O)NC[C@H]1CC(=O)N(C)[C@@H]1c1ccccc1. The number of hydrogen-bond donors (Lipinski definition) is 2. The first-order valence-electron chi connectivity index (χ1n) is 8.36. The second-order valence-electron chi connectivity index (χ2n) is 6.48. The first kappa shape index (κ1) is 17.0. The number of nitrogens with zero attached hydrogens (tertiary/aromatic N) is 1. The van der Waals surface area contributed by atoms with Gasteiger partial charge in [0.1, 0.15) is 5.75 Å². The molecule has 2 atom stereocenters. The Morgan fingerprint density at radius 3 is 2.64 bits per heavy atom. The maximum Gasteiger partial charge on any atom is 0.251 e. The van der Waals surface area contributed by atoms with E-state index in [4.69, 9.17) is 0 Å². The molecule has 1 fully saturated rings. The van der Waals surface area contributed by atoms with Crippen molar-refractivity contribution in [3.8, 4) is 5.75 Å². The van der Waals surface area contributed by atoms with Crippen molar-refractivity contribution in [2.24, 2.45) is 5.92 Å². The van der Waals surface area contributed by atoms with Gasteiger partial charge in [-0.2, -0.15) is 0 Å². The molecule has 130 valence electrons. The van der Waals surface area contributed by atoms with E-state index in [9.17, 15) is 14.7 Å². The summed E-state index contributed by atoms with van der Waals surface area (Å²) in [6.45, 7) is 2.12. The number of phenolic OH excluding ortho intramolecular Hbond substituents is 1. The zero-order chi connectivity index (χ0) is 18.0. The van der Waals surface area contributed by atoms with Crippen LogP contribution in [0.5, 0.6) is 5.75 Å². The third kappa shape index (κ3) is 3.36. The van der Waals surface area contributed by atoms with Gasteiger partial charge in [-0.15, -0.1) is 0 Å². The van der Waals surface area contributed by atoms with E-state index in [1.54, 1.807) is 37.1 Å². The molecule has 25 heavy (non-hydrogen) atoms. The molecule has 0 spiro atoms. The van der Waals surface area contributed by atoms with Crippen molar-refractivity contribution < 1.29 is 14.7 Å². The Balaban J connectivity index is 1.74. The molecule has 0 aliphatic carbocycles. The lowest BCUT2D eigenvalue weighted by Gasteiger charge is -2.25. The fourth-order valence-corrected chi connectivity index (χ4v) is 3.47. The Morgan fingerprint density at radius 2 is 1.92 bits per heavy atom. The predicted octanol–water partition coefficient (Wildman–Crippen LogP) is 2.65. The second-order valence-corrected chi connectivity index (χ2v) is 6.48. The molecular weight excluding hydrogens is 316 g/mol. The number of phenols is 1. The lowest BCUT2D eigenvalue weighted by molar-refractivity contribution is -0.127. The van der Waals surface area contributed by atoms with Crippen LogP contribution in [0.1, 0.15) is 33.9 Å². The number of aromatic hydroxyl groups is 1. The van der Waals surface area contributed by atoms with E-state index in [0.29, 0.717) is 24.1 Å². The van der Waals surface area contributed by atoms with Gasteiger partial charge in [-0.1, -0.05) is 36.4 Å². The Bertz CT molecular complexity index is 789. The molecule has 1 heterocycles. The molecule has 3 rings (SSSR count). The fraction of sp³-hybridized carbons (Fsp3) is 0.300. The summed E-state index contributed by atoms with van der Waals surface area (Å²) >= 11 is 0. The van der Waals surface area contributed by atoms with Gasteiger partial charge < -0.3 is 15.3 Å². The van der Waals surface area contributed by atoms with Crippen molar-refractivity contribution in [1.82, 2.24) is 10.2 Å². The minimum atomic E-state index is -0.234. The van der Waals surface area contributed by atoms with Crippen molar-refractivity contribution >= 4 is 11.8 Å². The lowest BCUT2D eigenvalue weighted by atomic mass is 9.93. The number of amides is 2. The predicted molar refractivity (Wildman–Crippen MR) is 95.2 cm³/mol. The van der Waals surface area contributed by atoms with Crippen LogP contribution in [0.4, 0.5) is 0 Å². The number of rotatable bonds is 4. The van der Waals surface area contributed by atoms with Crippen LogP contribution in [0.3, 0.4) is 0 Å². The molecule has 5 nitrogen and oxygen atoms in total. The second kappa shape index (κ2) is 6.97. The van der Waals surface area contributed by atoms with Gasteiger partial charge in [0.15, 0.2) is 0 Å². The van der Waals surface area contributed by atoms with Crippen molar-refractivity contribution in [2.45, 2.75) is 19.4 Å². The quantitative estimate of drug-likeness (QED) is 0.900. The third-order valence-corrected chi connectivity index (χ3v) is 4.91. The van der Waals surface area contributed by atoms with E-state index in [0.717, 1.165) is 5.56 Å². The monoisotopic (exact) mass is 338 g/mol. The van der Waals surface area contributed by atoms with Gasteiger partial charge in [-0.25, -0.2) is 0 Å². The zero-order valence-corrected chi connectivity index (χ0v) is 14.4.